The minimum absolute atomic E-state index is 0.0292. The molecule has 0 aromatic heterocycles. The van der Waals surface area contributed by atoms with E-state index in [0.29, 0.717) is 6.42 Å². The lowest BCUT2D eigenvalue weighted by Crippen LogP contribution is -2.66. The Kier molecular flexibility index (Phi) is 35.9. The summed E-state index contributed by atoms with van der Waals surface area (Å²) in [4.78, 5) is 233. The number of carboxylic acids is 4. The van der Waals surface area contributed by atoms with Crippen molar-refractivity contribution < 1.29 is 102 Å². The molecule has 3 rings (SSSR count). The van der Waals surface area contributed by atoms with Crippen LogP contribution in [-0.2, 0) is 71.9 Å². The summed E-state index contributed by atoms with van der Waals surface area (Å²) in [5.41, 5.74) is 5.55. The molecule has 18 N–H and O–H groups in total. The van der Waals surface area contributed by atoms with Gasteiger partial charge in [0.25, 0.3) is 5.91 Å². The SMILES string of the molecule is CCCCCCCCCCCCCCNC(=O)NC(CC(=O)O)C(=O)NC1C(=O)N2CCCCC2C(=O)NC(C(C)C(=O)O)C(=O)NC(CC(=O)O)C(=O)NCC(=O)NC(CC(=O)O)C(=O)NC(=O)NC(C(C)NC(=O)CCN)C(=O)NC(C(C)C)C(=O)N2CCCC2C(=O)NC1C. The van der Waals surface area contributed by atoms with Crippen molar-refractivity contribution in [1.29, 1.82) is 0 Å². The zero-order chi connectivity index (χ0) is 73.3. The highest BCUT2D eigenvalue weighted by atomic mass is 16.4. The van der Waals surface area contributed by atoms with Crippen LogP contribution in [0, 0.1) is 11.8 Å². The molecule has 0 aliphatic carbocycles. The number of unbranched alkanes of at least 4 members (excludes halogenated alkanes) is 11. The number of carbonyl (C=O) groups excluding carboxylic acids is 13. The first-order chi connectivity index (χ1) is 46.3. The molecule has 3 heterocycles. The van der Waals surface area contributed by atoms with Crippen LogP contribution in [0.3, 0.4) is 0 Å². The fourth-order valence-electron chi connectivity index (χ4n) is 11.4. The summed E-state index contributed by atoms with van der Waals surface area (Å²) < 4.78 is 0. The number of rotatable bonds is 29. The second-order valence-corrected chi connectivity index (χ2v) is 25.2. The van der Waals surface area contributed by atoms with Crippen LogP contribution in [0.1, 0.15) is 176 Å². The van der Waals surface area contributed by atoms with Gasteiger partial charge in [-0.25, -0.2) is 9.59 Å². The smallest absolute Gasteiger partial charge is 0.322 e. The molecule has 12 atom stereocenters. The average molecular weight is 1390 g/mol. The number of urea groups is 2. The van der Waals surface area contributed by atoms with Crippen molar-refractivity contribution in [2.24, 2.45) is 17.6 Å². The zero-order valence-electron chi connectivity index (χ0n) is 56.6. The van der Waals surface area contributed by atoms with Gasteiger partial charge in [0.1, 0.15) is 54.4 Å². The Bertz CT molecular complexity index is 2840. The number of imide groups is 1. The molecular weight excluding hydrogens is 1290 g/mol. The Morgan fingerprint density at radius 3 is 1.66 bits per heavy atom. The minimum atomic E-state index is -2.17. The summed E-state index contributed by atoms with van der Waals surface area (Å²) in [6, 6.07) is -22.1. The Morgan fingerprint density at radius 1 is 0.571 bits per heavy atom. The highest BCUT2D eigenvalue weighted by Gasteiger charge is 2.45. The monoisotopic (exact) mass is 1390 g/mol. The molecule has 98 heavy (non-hydrogen) atoms. The molecule has 550 valence electrons. The van der Waals surface area contributed by atoms with Crippen molar-refractivity contribution in [2.45, 2.75) is 243 Å². The molecule has 15 amide bonds. The number of hydrogen-bond donors (Lipinski definition) is 17. The molecule has 0 saturated carbocycles. The predicted molar refractivity (Wildman–Crippen MR) is 346 cm³/mol. The molecule has 3 aliphatic heterocycles. The van der Waals surface area contributed by atoms with Gasteiger partial charge in [0.2, 0.25) is 59.1 Å². The first-order valence-electron chi connectivity index (χ1n) is 33.5. The van der Waals surface area contributed by atoms with Gasteiger partial charge in [-0.2, -0.15) is 0 Å². The van der Waals surface area contributed by atoms with Gasteiger partial charge in [0, 0.05) is 32.6 Å². The van der Waals surface area contributed by atoms with E-state index in [1.807, 2.05) is 16.0 Å². The lowest BCUT2D eigenvalue weighted by atomic mass is 9.96. The van der Waals surface area contributed by atoms with Gasteiger partial charge in [0.15, 0.2) is 0 Å². The maximum Gasteiger partial charge on any atom is 0.322 e. The topological polar surface area (TPSA) is 548 Å². The van der Waals surface area contributed by atoms with Crippen LogP contribution in [0.2, 0.25) is 0 Å². The van der Waals surface area contributed by atoms with E-state index in [1.54, 1.807) is 5.32 Å². The molecule has 3 aliphatic rings. The zero-order valence-corrected chi connectivity index (χ0v) is 56.6. The van der Waals surface area contributed by atoms with Crippen LogP contribution >= 0.6 is 0 Å². The average Bonchev–Trinajstić information content (AvgIpc) is 1.10. The number of nitrogens with one attached hydrogen (secondary N) is 12. The lowest BCUT2D eigenvalue weighted by molar-refractivity contribution is -0.150. The number of piperidine rings is 1. The van der Waals surface area contributed by atoms with E-state index in [4.69, 9.17) is 5.73 Å². The number of nitrogens with zero attached hydrogens (tertiary/aromatic N) is 2. The highest BCUT2D eigenvalue weighted by Crippen LogP contribution is 2.24. The van der Waals surface area contributed by atoms with E-state index in [2.05, 4.69) is 49.5 Å². The Balaban J connectivity index is 2.16. The Labute approximate surface area is 567 Å². The van der Waals surface area contributed by atoms with E-state index in [0.717, 1.165) is 55.2 Å². The number of amides is 15. The molecule has 36 heteroatoms. The highest BCUT2D eigenvalue weighted by molar-refractivity contribution is 6.03. The van der Waals surface area contributed by atoms with Crippen LogP contribution in [0.4, 0.5) is 9.59 Å². The second kappa shape index (κ2) is 42.4. The summed E-state index contributed by atoms with van der Waals surface area (Å²) in [5.74, 6) is -22.4. The van der Waals surface area contributed by atoms with Crippen molar-refractivity contribution in [1.82, 2.24) is 73.6 Å². The van der Waals surface area contributed by atoms with Crippen LogP contribution in [0.5, 0.6) is 0 Å². The van der Waals surface area contributed by atoms with Crippen molar-refractivity contribution >= 4 is 101 Å². The predicted octanol–water partition coefficient (Wildman–Crippen LogP) is -2.37. The van der Waals surface area contributed by atoms with E-state index < -0.39 is 205 Å². The normalized spacial score (nSPS) is 24.0. The van der Waals surface area contributed by atoms with Crippen molar-refractivity contribution in [3.05, 3.63) is 0 Å². The number of nitrogens with two attached hydrogens (primary N) is 1. The fraction of sp³-hybridized carbons (Fsp3) is 0.726. The second-order valence-electron chi connectivity index (χ2n) is 25.2. The van der Waals surface area contributed by atoms with Gasteiger partial charge in [-0.05, 0) is 65.2 Å². The van der Waals surface area contributed by atoms with Gasteiger partial charge < -0.3 is 94.4 Å². The van der Waals surface area contributed by atoms with E-state index in [1.165, 1.54) is 59.8 Å². The number of carbonyl (C=O) groups is 17. The molecule has 12 unspecified atom stereocenters. The van der Waals surface area contributed by atoms with Crippen LogP contribution < -0.4 is 69.5 Å². The number of carboxylic acid groups (broad SMARTS) is 4. The molecular formula is C62H101N15O21. The fourth-order valence-corrected chi connectivity index (χ4v) is 11.4. The molecule has 36 nitrogen and oxygen atoms in total. The van der Waals surface area contributed by atoms with E-state index in [9.17, 15) is 97.1 Å². The third-order valence-corrected chi connectivity index (χ3v) is 16.9. The van der Waals surface area contributed by atoms with Crippen LogP contribution in [0.15, 0.2) is 0 Å². The molecule has 3 fully saturated rings. The number of fused-ring (bicyclic) bond motifs is 2. The molecule has 0 aromatic rings. The minimum Gasteiger partial charge on any atom is -0.481 e. The summed E-state index contributed by atoms with van der Waals surface area (Å²) in [6.45, 7) is 7.11. The van der Waals surface area contributed by atoms with E-state index in [-0.39, 0.29) is 64.7 Å². The third-order valence-electron chi connectivity index (χ3n) is 16.9. The van der Waals surface area contributed by atoms with E-state index >= 15 is 4.79 Å². The van der Waals surface area contributed by atoms with Gasteiger partial charge in [-0.3, -0.25) is 77.2 Å². The summed E-state index contributed by atoms with van der Waals surface area (Å²) in [5, 5.41) is 66.9. The Hall–Kier alpha value is -9.25. The van der Waals surface area contributed by atoms with Gasteiger partial charge in [-0.1, -0.05) is 91.4 Å². The Morgan fingerprint density at radius 2 is 1.10 bits per heavy atom. The largest absolute Gasteiger partial charge is 0.481 e. The third kappa shape index (κ3) is 28.1. The maximum atomic E-state index is 15.3. The quantitative estimate of drug-likeness (QED) is 0.0348. The molecule has 0 bridgehead atoms. The molecule has 0 radical (unpaired) electrons. The van der Waals surface area contributed by atoms with Crippen molar-refractivity contribution in [3.8, 4) is 0 Å². The first kappa shape index (κ1) is 83.0. The van der Waals surface area contributed by atoms with Crippen LogP contribution in [0.25, 0.3) is 0 Å². The summed E-state index contributed by atoms with van der Waals surface area (Å²) >= 11 is 0. The standard InChI is InChI=1S/C62H101N15O21/c1-7-8-9-10-11-12-13-14-15-16-17-19-26-64-61(97)70-39(31-46(84)85)52(87)73-50-36(6)67-54(89)41-23-21-28-77(41)58(93)47(33(2)3)71-57(92)49(35(5)66-42(78)24-25-63)74-62(98)75-53(88)38(30-45(82)83)68-43(79)32-65-51(86)37(29-44(80)81)69-56(91)48(34(4)60(95)96)72-55(90)40-22-18-20-27-76(40)59(50)94/h33-41,47-50H,7-32,63H2,1-6H3,(H,65,86)(H,66,78)(H,67,89)(H,68,79)(H,69,91)(H,71,92)(H,72,90)(H,73,87)(H,80,81)(H,82,83)(H,84,85)(H,95,96)(H2,64,70,97)(H2,74,75,88,98). The number of hydrogen-bond acceptors (Lipinski definition) is 18. The van der Waals surface area contributed by atoms with Gasteiger partial charge >= 0.3 is 35.9 Å². The summed E-state index contributed by atoms with van der Waals surface area (Å²) in [7, 11) is 0. The first-order valence-corrected chi connectivity index (χ1v) is 33.5. The molecule has 0 spiro atoms. The number of aliphatic carboxylic acids is 4. The van der Waals surface area contributed by atoms with Crippen molar-refractivity contribution in [2.75, 3.05) is 32.7 Å². The lowest BCUT2D eigenvalue weighted by Gasteiger charge is -2.39. The molecule has 3 saturated heterocycles. The van der Waals surface area contributed by atoms with Gasteiger partial charge in [-0.15, -0.1) is 0 Å². The van der Waals surface area contributed by atoms with Gasteiger partial charge in [0.05, 0.1) is 43.8 Å². The summed E-state index contributed by atoms with van der Waals surface area (Å²) in [6.07, 6.45) is 9.23. The maximum absolute atomic E-state index is 15.3. The van der Waals surface area contributed by atoms with Crippen LogP contribution in [-0.4, -0.2) is 230 Å². The van der Waals surface area contributed by atoms with Crippen molar-refractivity contribution in [3.63, 3.8) is 0 Å². The molecule has 0 aromatic carbocycles.